The van der Waals surface area contributed by atoms with Crippen LogP contribution < -0.4 is 5.32 Å². The number of aryl methyl sites for hydroxylation is 1. The van der Waals surface area contributed by atoms with Gasteiger partial charge in [-0.1, -0.05) is 13.3 Å². The standard InChI is InChI=1S/C14H21N3O2/c1-3-10-4-6-11(7-5-10)16-14-15-9(2)8-12(17-14)13(18)19/h8,10-11H,3-7H2,1-2H3,(H,18,19)(H,15,16,17). The number of nitrogens with one attached hydrogen (secondary N) is 1. The van der Waals surface area contributed by atoms with E-state index in [1.807, 2.05) is 0 Å². The summed E-state index contributed by atoms with van der Waals surface area (Å²) in [6.45, 7) is 4.02. The maximum Gasteiger partial charge on any atom is 0.354 e. The fourth-order valence-electron chi connectivity index (χ4n) is 2.64. The van der Waals surface area contributed by atoms with Crippen LogP contribution in [0.25, 0.3) is 0 Å². The monoisotopic (exact) mass is 263 g/mol. The zero-order valence-corrected chi connectivity index (χ0v) is 11.5. The van der Waals surface area contributed by atoms with E-state index in [0.29, 0.717) is 17.7 Å². The van der Waals surface area contributed by atoms with E-state index >= 15 is 0 Å². The first-order valence-electron chi connectivity index (χ1n) is 6.94. The van der Waals surface area contributed by atoms with Gasteiger partial charge in [0.1, 0.15) is 0 Å². The van der Waals surface area contributed by atoms with Crippen LogP contribution in [0.4, 0.5) is 5.95 Å². The van der Waals surface area contributed by atoms with Crippen molar-refractivity contribution in [3.8, 4) is 0 Å². The molecule has 0 atom stereocenters. The van der Waals surface area contributed by atoms with Crippen LogP contribution in [-0.4, -0.2) is 27.1 Å². The number of hydrogen-bond acceptors (Lipinski definition) is 4. The molecule has 5 nitrogen and oxygen atoms in total. The predicted octanol–water partition coefficient (Wildman–Crippen LogP) is 2.86. The Balaban J connectivity index is 2.01. The molecule has 0 amide bonds. The minimum absolute atomic E-state index is 0.0530. The van der Waals surface area contributed by atoms with Gasteiger partial charge < -0.3 is 10.4 Å². The van der Waals surface area contributed by atoms with Gasteiger partial charge in [-0.05, 0) is 44.6 Å². The van der Waals surface area contributed by atoms with Gasteiger partial charge in [-0.3, -0.25) is 0 Å². The van der Waals surface area contributed by atoms with Crippen molar-refractivity contribution in [2.75, 3.05) is 5.32 Å². The first kappa shape index (κ1) is 13.8. The van der Waals surface area contributed by atoms with Crippen LogP contribution in [0.1, 0.15) is 55.2 Å². The Kier molecular flexibility index (Phi) is 4.35. The van der Waals surface area contributed by atoms with Crippen LogP contribution in [0.5, 0.6) is 0 Å². The molecule has 5 heteroatoms. The Morgan fingerprint density at radius 3 is 2.63 bits per heavy atom. The number of rotatable bonds is 4. The molecule has 0 aliphatic heterocycles. The van der Waals surface area contributed by atoms with E-state index < -0.39 is 5.97 Å². The van der Waals surface area contributed by atoms with Gasteiger partial charge >= 0.3 is 5.97 Å². The highest BCUT2D eigenvalue weighted by molar-refractivity contribution is 5.85. The molecule has 1 aromatic heterocycles. The number of carboxylic acids is 1. The van der Waals surface area contributed by atoms with Crippen LogP contribution in [-0.2, 0) is 0 Å². The maximum atomic E-state index is 11.0. The molecular weight excluding hydrogens is 242 g/mol. The highest BCUT2D eigenvalue weighted by atomic mass is 16.4. The number of carboxylic acid groups (broad SMARTS) is 1. The molecule has 1 fully saturated rings. The molecule has 0 saturated heterocycles. The topological polar surface area (TPSA) is 75.1 Å². The van der Waals surface area contributed by atoms with Crippen LogP contribution in [0.2, 0.25) is 0 Å². The predicted molar refractivity (Wildman–Crippen MR) is 73.4 cm³/mol. The molecule has 0 bridgehead atoms. The Morgan fingerprint density at radius 2 is 2.05 bits per heavy atom. The zero-order chi connectivity index (χ0) is 13.8. The molecule has 19 heavy (non-hydrogen) atoms. The van der Waals surface area contributed by atoms with Gasteiger partial charge in [0.25, 0.3) is 0 Å². The molecule has 104 valence electrons. The second kappa shape index (κ2) is 5.99. The van der Waals surface area contributed by atoms with E-state index in [2.05, 4.69) is 22.2 Å². The van der Waals surface area contributed by atoms with E-state index in [1.54, 1.807) is 6.92 Å². The van der Waals surface area contributed by atoms with E-state index in [-0.39, 0.29) is 5.69 Å². The summed E-state index contributed by atoms with van der Waals surface area (Å²) < 4.78 is 0. The second-order valence-electron chi connectivity index (χ2n) is 5.29. The molecule has 1 aromatic rings. The Morgan fingerprint density at radius 1 is 1.37 bits per heavy atom. The lowest BCUT2D eigenvalue weighted by Gasteiger charge is -2.28. The summed E-state index contributed by atoms with van der Waals surface area (Å²) in [7, 11) is 0. The lowest BCUT2D eigenvalue weighted by molar-refractivity contribution is 0.0690. The third-order valence-electron chi connectivity index (χ3n) is 3.83. The first-order valence-corrected chi connectivity index (χ1v) is 6.94. The lowest BCUT2D eigenvalue weighted by Crippen LogP contribution is -2.27. The van der Waals surface area contributed by atoms with Crippen molar-refractivity contribution < 1.29 is 9.90 Å². The molecule has 1 saturated carbocycles. The van der Waals surface area contributed by atoms with E-state index in [1.165, 1.54) is 25.3 Å². The van der Waals surface area contributed by atoms with Gasteiger partial charge in [0, 0.05) is 11.7 Å². The van der Waals surface area contributed by atoms with Crippen molar-refractivity contribution in [1.82, 2.24) is 9.97 Å². The Hall–Kier alpha value is -1.65. The van der Waals surface area contributed by atoms with Crippen LogP contribution in [0.3, 0.4) is 0 Å². The second-order valence-corrected chi connectivity index (χ2v) is 5.29. The summed E-state index contributed by atoms with van der Waals surface area (Å²) in [6, 6.07) is 1.85. The third kappa shape index (κ3) is 3.66. The third-order valence-corrected chi connectivity index (χ3v) is 3.83. The molecule has 2 N–H and O–H groups in total. The highest BCUT2D eigenvalue weighted by Gasteiger charge is 2.20. The van der Waals surface area contributed by atoms with Gasteiger partial charge in [0.2, 0.25) is 5.95 Å². The van der Waals surface area contributed by atoms with E-state index in [4.69, 9.17) is 5.11 Å². The number of nitrogens with zero attached hydrogens (tertiary/aromatic N) is 2. The largest absolute Gasteiger partial charge is 0.477 e. The summed E-state index contributed by atoms with van der Waals surface area (Å²) in [4.78, 5) is 19.3. The smallest absolute Gasteiger partial charge is 0.354 e. The molecule has 0 unspecified atom stereocenters. The average molecular weight is 263 g/mol. The zero-order valence-electron chi connectivity index (χ0n) is 11.5. The highest BCUT2D eigenvalue weighted by Crippen LogP contribution is 2.27. The lowest BCUT2D eigenvalue weighted by atomic mass is 9.85. The molecule has 2 rings (SSSR count). The number of hydrogen-bond donors (Lipinski definition) is 2. The minimum atomic E-state index is -1.01. The van der Waals surface area contributed by atoms with Crippen molar-refractivity contribution in [1.29, 1.82) is 0 Å². The van der Waals surface area contributed by atoms with Gasteiger partial charge in [-0.15, -0.1) is 0 Å². The first-order chi connectivity index (χ1) is 9.08. The van der Waals surface area contributed by atoms with Gasteiger partial charge in [-0.2, -0.15) is 0 Å². The normalized spacial score (nSPS) is 23.1. The van der Waals surface area contributed by atoms with Gasteiger partial charge in [-0.25, -0.2) is 14.8 Å². The fourth-order valence-corrected chi connectivity index (χ4v) is 2.64. The quantitative estimate of drug-likeness (QED) is 0.873. The van der Waals surface area contributed by atoms with E-state index in [9.17, 15) is 4.79 Å². The summed E-state index contributed by atoms with van der Waals surface area (Å²) in [5, 5.41) is 12.3. The van der Waals surface area contributed by atoms with Crippen molar-refractivity contribution in [2.45, 2.75) is 52.0 Å². The number of aromatic carboxylic acids is 1. The molecule has 0 radical (unpaired) electrons. The summed E-state index contributed by atoms with van der Waals surface area (Å²) in [6.07, 6.45) is 5.92. The van der Waals surface area contributed by atoms with Crippen molar-refractivity contribution >= 4 is 11.9 Å². The molecular formula is C14H21N3O2. The van der Waals surface area contributed by atoms with Crippen LogP contribution >= 0.6 is 0 Å². The Labute approximate surface area is 113 Å². The van der Waals surface area contributed by atoms with Gasteiger partial charge in [0.15, 0.2) is 5.69 Å². The summed E-state index contributed by atoms with van der Waals surface area (Å²) in [5.74, 6) is 0.270. The summed E-state index contributed by atoms with van der Waals surface area (Å²) in [5.41, 5.74) is 0.731. The van der Waals surface area contributed by atoms with Crippen LogP contribution in [0, 0.1) is 12.8 Å². The number of carbonyl (C=O) groups is 1. The average Bonchev–Trinajstić information content (AvgIpc) is 2.39. The number of anilines is 1. The minimum Gasteiger partial charge on any atom is -0.477 e. The maximum absolute atomic E-state index is 11.0. The Bertz CT molecular complexity index is 454. The number of aromatic nitrogens is 2. The fraction of sp³-hybridized carbons (Fsp3) is 0.643. The SMILES string of the molecule is CCC1CCC(Nc2nc(C)cc(C(=O)O)n2)CC1. The van der Waals surface area contributed by atoms with Gasteiger partial charge in [0.05, 0.1) is 0 Å². The van der Waals surface area contributed by atoms with E-state index in [0.717, 1.165) is 18.8 Å². The van der Waals surface area contributed by atoms with Crippen molar-refractivity contribution in [2.24, 2.45) is 5.92 Å². The summed E-state index contributed by atoms with van der Waals surface area (Å²) >= 11 is 0. The molecule has 1 aliphatic rings. The molecule has 1 heterocycles. The molecule has 1 aliphatic carbocycles. The van der Waals surface area contributed by atoms with Crippen molar-refractivity contribution in [3.63, 3.8) is 0 Å². The molecule has 0 spiro atoms. The van der Waals surface area contributed by atoms with Crippen molar-refractivity contribution in [3.05, 3.63) is 17.5 Å². The van der Waals surface area contributed by atoms with Crippen LogP contribution in [0.15, 0.2) is 6.07 Å². The molecule has 0 aromatic carbocycles.